The van der Waals surface area contributed by atoms with Gasteiger partial charge in [-0.3, -0.25) is 9.59 Å². The minimum Gasteiger partial charge on any atom is -0.497 e. The van der Waals surface area contributed by atoms with Gasteiger partial charge in [-0.2, -0.15) is 5.26 Å². The van der Waals surface area contributed by atoms with Gasteiger partial charge in [0.1, 0.15) is 17.9 Å². The third-order valence-electron chi connectivity index (χ3n) is 3.26. The summed E-state index contributed by atoms with van der Waals surface area (Å²) in [5.74, 6) is 0.241. The van der Waals surface area contributed by atoms with E-state index in [1.807, 2.05) is 0 Å². The number of benzene rings is 2. The molecule has 128 valence electrons. The summed E-state index contributed by atoms with van der Waals surface area (Å²) < 4.78 is 10.3. The van der Waals surface area contributed by atoms with Crippen molar-refractivity contribution in [3.8, 4) is 17.6 Å². The summed E-state index contributed by atoms with van der Waals surface area (Å²) >= 11 is 0. The van der Waals surface area contributed by atoms with Crippen molar-refractivity contribution in [2.24, 2.45) is 0 Å². The number of nitrogens with zero attached hydrogens (tertiary/aromatic N) is 1. The molecule has 0 radical (unpaired) electrons. The fourth-order valence-corrected chi connectivity index (χ4v) is 2.09. The van der Waals surface area contributed by atoms with Crippen LogP contribution in [-0.2, 0) is 4.79 Å². The molecule has 7 heteroatoms. The van der Waals surface area contributed by atoms with Crippen LogP contribution in [0.15, 0.2) is 42.5 Å². The lowest BCUT2D eigenvalue weighted by molar-refractivity contribution is -0.115. The summed E-state index contributed by atoms with van der Waals surface area (Å²) in [6.45, 7) is 0. The first-order chi connectivity index (χ1) is 12.0. The highest BCUT2D eigenvalue weighted by atomic mass is 16.5. The average Bonchev–Trinajstić information content (AvgIpc) is 2.61. The van der Waals surface area contributed by atoms with Gasteiger partial charge in [0, 0.05) is 23.0 Å². The summed E-state index contributed by atoms with van der Waals surface area (Å²) in [4.78, 5) is 23.9. The minimum atomic E-state index is -0.413. The van der Waals surface area contributed by atoms with E-state index in [0.29, 0.717) is 28.4 Å². The second-order valence-corrected chi connectivity index (χ2v) is 5.02. The first-order valence-electron chi connectivity index (χ1n) is 7.37. The molecule has 0 heterocycles. The van der Waals surface area contributed by atoms with Gasteiger partial charge in [-0.25, -0.2) is 0 Å². The molecule has 0 aliphatic carbocycles. The number of rotatable bonds is 6. The van der Waals surface area contributed by atoms with Crippen LogP contribution in [0.1, 0.15) is 16.8 Å². The number of carbonyl (C=O) groups is 2. The number of hydrogen-bond donors (Lipinski definition) is 2. The van der Waals surface area contributed by atoms with E-state index in [4.69, 9.17) is 14.7 Å². The minimum absolute atomic E-state index is 0.236. The maximum atomic E-state index is 12.4. The van der Waals surface area contributed by atoms with Gasteiger partial charge in [-0.15, -0.1) is 0 Å². The Hall–Kier alpha value is -3.53. The zero-order chi connectivity index (χ0) is 18.2. The molecule has 0 atom stereocenters. The van der Waals surface area contributed by atoms with Crippen molar-refractivity contribution < 1.29 is 19.1 Å². The number of ether oxygens (including phenoxy) is 2. The van der Waals surface area contributed by atoms with Crippen molar-refractivity contribution >= 4 is 23.2 Å². The van der Waals surface area contributed by atoms with E-state index >= 15 is 0 Å². The maximum Gasteiger partial charge on any atom is 0.255 e. The molecule has 2 rings (SSSR count). The lowest BCUT2D eigenvalue weighted by Gasteiger charge is -2.10. The molecule has 0 bridgehead atoms. The monoisotopic (exact) mass is 339 g/mol. The van der Waals surface area contributed by atoms with Gasteiger partial charge < -0.3 is 20.1 Å². The number of carbonyl (C=O) groups excluding carboxylic acids is 2. The second-order valence-electron chi connectivity index (χ2n) is 5.02. The van der Waals surface area contributed by atoms with E-state index < -0.39 is 5.91 Å². The molecule has 2 aromatic rings. The highest BCUT2D eigenvalue weighted by Crippen LogP contribution is 2.23. The number of amides is 2. The Kier molecular flexibility index (Phi) is 5.96. The lowest BCUT2D eigenvalue weighted by Crippen LogP contribution is -2.13. The van der Waals surface area contributed by atoms with Crippen LogP contribution in [-0.4, -0.2) is 26.0 Å². The van der Waals surface area contributed by atoms with Crippen molar-refractivity contribution in [1.29, 1.82) is 5.26 Å². The van der Waals surface area contributed by atoms with Crippen LogP contribution < -0.4 is 20.1 Å². The predicted molar refractivity (Wildman–Crippen MR) is 92.8 cm³/mol. The summed E-state index contributed by atoms with van der Waals surface area (Å²) in [5, 5.41) is 13.8. The molecular weight excluding hydrogens is 322 g/mol. The van der Waals surface area contributed by atoms with Crippen LogP contribution in [0.2, 0.25) is 0 Å². The number of nitrogens with one attached hydrogen (secondary N) is 2. The molecule has 0 spiro atoms. The van der Waals surface area contributed by atoms with Crippen LogP contribution >= 0.6 is 0 Å². The molecule has 0 fully saturated rings. The fourth-order valence-electron chi connectivity index (χ4n) is 2.09. The van der Waals surface area contributed by atoms with Gasteiger partial charge in [0.2, 0.25) is 5.91 Å². The maximum absolute atomic E-state index is 12.4. The number of hydrogen-bond acceptors (Lipinski definition) is 5. The summed E-state index contributed by atoms with van der Waals surface area (Å²) in [7, 11) is 3.01. The zero-order valence-corrected chi connectivity index (χ0v) is 13.8. The van der Waals surface area contributed by atoms with E-state index in [2.05, 4.69) is 10.6 Å². The number of methoxy groups -OCH3 is 2. The molecule has 0 aliphatic heterocycles. The van der Waals surface area contributed by atoms with Crippen molar-refractivity contribution in [1.82, 2.24) is 0 Å². The van der Waals surface area contributed by atoms with Crippen molar-refractivity contribution in [3.63, 3.8) is 0 Å². The molecule has 0 aliphatic rings. The van der Waals surface area contributed by atoms with E-state index in [1.165, 1.54) is 14.2 Å². The Morgan fingerprint density at radius 3 is 2.16 bits per heavy atom. The van der Waals surface area contributed by atoms with E-state index in [0.717, 1.165) is 0 Å². The van der Waals surface area contributed by atoms with Gasteiger partial charge >= 0.3 is 0 Å². The summed E-state index contributed by atoms with van der Waals surface area (Å²) in [5.41, 5.74) is 1.36. The third-order valence-corrected chi connectivity index (χ3v) is 3.26. The van der Waals surface area contributed by atoms with Crippen LogP contribution in [0.25, 0.3) is 0 Å². The smallest absolute Gasteiger partial charge is 0.255 e. The Labute approximate surface area is 145 Å². The van der Waals surface area contributed by atoms with E-state index in [1.54, 1.807) is 48.5 Å². The van der Waals surface area contributed by atoms with Crippen LogP contribution in [0.5, 0.6) is 11.5 Å². The van der Waals surface area contributed by atoms with E-state index in [-0.39, 0.29) is 12.3 Å². The van der Waals surface area contributed by atoms with Gasteiger partial charge in [-0.1, -0.05) is 6.07 Å². The molecule has 2 N–H and O–H groups in total. The van der Waals surface area contributed by atoms with Crippen molar-refractivity contribution in [3.05, 3.63) is 48.0 Å². The molecule has 0 aromatic heterocycles. The predicted octanol–water partition coefficient (Wildman–Crippen LogP) is 2.81. The largest absolute Gasteiger partial charge is 0.497 e. The Balaban J connectivity index is 2.15. The van der Waals surface area contributed by atoms with Crippen LogP contribution in [0, 0.1) is 11.3 Å². The van der Waals surface area contributed by atoms with Gasteiger partial charge in [0.05, 0.1) is 20.3 Å². The molecule has 0 saturated carbocycles. The first-order valence-corrected chi connectivity index (χ1v) is 7.37. The molecule has 25 heavy (non-hydrogen) atoms. The van der Waals surface area contributed by atoms with Gasteiger partial charge in [-0.05, 0) is 30.3 Å². The first kappa shape index (κ1) is 17.8. The normalized spacial score (nSPS) is 9.64. The summed E-state index contributed by atoms with van der Waals surface area (Å²) in [6.07, 6.45) is -0.236. The second kappa shape index (κ2) is 8.36. The molecule has 0 saturated heterocycles. The Morgan fingerprint density at radius 1 is 1.00 bits per heavy atom. The number of nitriles is 1. The van der Waals surface area contributed by atoms with Crippen LogP contribution in [0.3, 0.4) is 0 Å². The Bertz CT molecular complexity index is 805. The fraction of sp³-hybridized carbons (Fsp3) is 0.167. The molecule has 2 amide bonds. The lowest BCUT2D eigenvalue weighted by atomic mass is 10.1. The molecule has 2 aromatic carbocycles. The van der Waals surface area contributed by atoms with Crippen molar-refractivity contribution in [2.75, 3.05) is 24.9 Å². The Morgan fingerprint density at radius 2 is 1.60 bits per heavy atom. The molecule has 0 unspecified atom stereocenters. The van der Waals surface area contributed by atoms with Gasteiger partial charge in [0.25, 0.3) is 5.91 Å². The third kappa shape index (κ3) is 4.97. The average molecular weight is 339 g/mol. The highest BCUT2D eigenvalue weighted by molar-refractivity contribution is 6.05. The molecule has 7 nitrogen and oxygen atoms in total. The molecular formula is C18H17N3O4. The quantitative estimate of drug-likeness (QED) is 0.843. The topological polar surface area (TPSA) is 100 Å². The highest BCUT2D eigenvalue weighted by Gasteiger charge is 2.11. The van der Waals surface area contributed by atoms with Gasteiger partial charge in [0.15, 0.2) is 0 Å². The zero-order valence-electron chi connectivity index (χ0n) is 13.8. The standard InChI is InChI=1S/C18H17N3O4/c1-24-15-8-12(9-16(11-15)25-2)18(23)21-14-5-3-4-13(10-14)20-17(22)6-7-19/h3-5,8-11H,6H2,1-2H3,(H,20,22)(H,21,23). The van der Waals surface area contributed by atoms with Crippen LogP contribution in [0.4, 0.5) is 11.4 Å². The SMILES string of the molecule is COc1cc(OC)cc(C(=O)Nc2cccc(NC(=O)CC#N)c2)c1. The van der Waals surface area contributed by atoms with Crippen molar-refractivity contribution in [2.45, 2.75) is 6.42 Å². The van der Waals surface area contributed by atoms with E-state index in [9.17, 15) is 9.59 Å². The number of anilines is 2. The summed E-state index contributed by atoms with van der Waals surface area (Å²) in [6, 6.07) is 13.3.